The van der Waals surface area contributed by atoms with Crippen LogP contribution in [0.25, 0.3) is 10.2 Å². The van der Waals surface area contributed by atoms with Crippen LogP contribution in [0.3, 0.4) is 0 Å². The van der Waals surface area contributed by atoms with Gasteiger partial charge in [0.2, 0.25) is 5.95 Å². The minimum atomic E-state index is -0.464. The van der Waals surface area contributed by atoms with Gasteiger partial charge in [-0.3, -0.25) is 0 Å². The van der Waals surface area contributed by atoms with E-state index < -0.39 is 5.60 Å². The molecule has 1 saturated heterocycles. The van der Waals surface area contributed by atoms with Crippen LogP contribution in [0.2, 0.25) is 0 Å². The van der Waals surface area contributed by atoms with Gasteiger partial charge in [-0.25, -0.2) is 9.78 Å². The third-order valence-corrected chi connectivity index (χ3v) is 5.54. The maximum atomic E-state index is 12.3. The van der Waals surface area contributed by atoms with Gasteiger partial charge < -0.3 is 25.2 Å². The van der Waals surface area contributed by atoms with Crippen molar-refractivity contribution in [3.05, 3.63) is 11.4 Å². The van der Waals surface area contributed by atoms with E-state index in [4.69, 9.17) is 9.72 Å². The number of rotatable bonds is 6. The molecular weight excluding hydrogens is 388 g/mol. The highest BCUT2D eigenvalue weighted by Gasteiger charge is 2.27. The maximum Gasteiger partial charge on any atom is 0.410 e. The van der Waals surface area contributed by atoms with Crippen LogP contribution in [0.5, 0.6) is 0 Å². The maximum absolute atomic E-state index is 12.3. The number of piperidine rings is 1. The highest BCUT2D eigenvalue weighted by molar-refractivity contribution is 7.17. The Morgan fingerprint density at radius 2 is 2.03 bits per heavy atom. The van der Waals surface area contributed by atoms with Crippen molar-refractivity contribution in [1.29, 1.82) is 0 Å². The van der Waals surface area contributed by atoms with E-state index in [1.165, 1.54) is 0 Å². The number of thiophene rings is 1. The predicted octanol–water partition coefficient (Wildman–Crippen LogP) is 3.48. The molecule has 0 atom stereocenters. The summed E-state index contributed by atoms with van der Waals surface area (Å²) in [6.45, 7) is 8.74. The van der Waals surface area contributed by atoms with Crippen molar-refractivity contribution in [2.24, 2.45) is 0 Å². The second kappa shape index (κ2) is 9.13. The van der Waals surface area contributed by atoms with Crippen LogP contribution in [0.1, 0.15) is 33.6 Å². The van der Waals surface area contributed by atoms with Gasteiger partial charge in [-0.2, -0.15) is 4.98 Å². The number of carbonyl (C=O) groups is 1. The molecule has 2 aromatic rings. The smallest absolute Gasteiger partial charge is 0.410 e. The largest absolute Gasteiger partial charge is 0.444 e. The summed E-state index contributed by atoms with van der Waals surface area (Å²) in [6, 6.07) is 2.29. The lowest BCUT2D eigenvalue weighted by molar-refractivity contribution is 0.0210. The zero-order chi connectivity index (χ0) is 21.0. The van der Waals surface area contributed by atoms with Gasteiger partial charge in [-0.05, 0) is 59.2 Å². The normalized spacial score (nSPS) is 15.7. The van der Waals surface area contributed by atoms with Gasteiger partial charge in [-0.15, -0.1) is 11.3 Å². The minimum Gasteiger partial charge on any atom is -0.444 e. The van der Waals surface area contributed by atoms with Gasteiger partial charge in [0, 0.05) is 32.2 Å². The van der Waals surface area contributed by atoms with Crippen molar-refractivity contribution in [2.45, 2.75) is 45.3 Å². The Morgan fingerprint density at radius 1 is 1.31 bits per heavy atom. The summed E-state index contributed by atoms with van der Waals surface area (Å²) in [7, 11) is 4.09. The number of likely N-dealkylation sites (tertiary alicyclic amines) is 1. The van der Waals surface area contributed by atoms with Crippen LogP contribution < -0.4 is 10.6 Å². The molecule has 3 heterocycles. The lowest BCUT2D eigenvalue weighted by Crippen LogP contribution is -2.44. The first kappa shape index (κ1) is 21.6. The summed E-state index contributed by atoms with van der Waals surface area (Å²) < 4.78 is 6.55. The second-order valence-electron chi connectivity index (χ2n) is 8.65. The SMILES string of the molecule is CN(C)CCNc1nc(NC2CCN(C(=O)OC(C)(C)C)CC2)c2sccc2n1. The number of likely N-dealkylation sites (N-methyl/N-ethyl adjacent to an activating group) is 1. The van der Waals surface area contributed by atoms with E-state index in [1.54, 1.807) is 16.2 Å². The number of nitrogens with zero attached hydrogens (tertiary/aromatic N) is 4. The quantitative estimate of drug-likeness (QED) is 0.740. The van der Waals surface area contributed by atoms with E-state index in [-0.39, 0.29) is 12.1 Å². The minimum absolute atomic E-state index is 0.231. The molecule has 2 N–H and O–H groups in total. The van der Waals surface area contributed by atoms with E-state index in [0.29, 0.717) is 19.0 Å². The lowest BCUT2D eigenvalue weighted by atomic mass is 10.1. The number of anilines is 2. The van der Waals surface area contributed by atoms with Crippen molar-refractivity contribution < 1.29 is 9.53 Å². The van der Waals surface area contributed by atoms with Crippen LogP contribution in [0, 0.1) is 0 Å². The van der Waals surface area contributed by atoms with Crippen LogP contribution in [-0.2, 0) is 4.74 Å². The van der Waals surface area contributed by atoms with Crippen LogP contribution in [0.4, 0.5) is 16.6 Å². The summed E-state index contributed by atoms with van der Waals surface area (Å²) in [5.41, 5.74) is 0.486. The summed E-state index contributed by atoms with van der Waals surface area (Å²) in [5, 5.41) is 8.94. The third-order valence-electron chi connectivity index (χ3n) is 4.63. The molecule has 0 saturated carbocycles. The molecule has 160 valence electrons. The van der Waals surface area contributed by atoms with Crippen LogP contribution in [0.15, 0.2) is 11.4 Å². The van der Waals surface area contributed by atoms with Crippen molar-refractivity contribution in [3.8, 4) is 0 Å². The van der Waals surface area contributed by atoms with Crippen molar-refractivity contribution >= 4 is 39.4 Å². The first-order valence-corrected chi connectivity index (χ1v) is 11.0. The second-order valence-corrected chi connectivity index (χ2v) is 9.56. The topological polar surface area (TPSA) is 82.6 Å². The fourth-order valence-electron chi connectivity index (χ4n) is 3.16. The molecule has 0 bridgehead atoms. The molecule has 0 radical (unpaired) electrons. The number of hydrogen-bond acceptors (Lipinski definition) is 8. The van der Waals surface area contributed by atoms with Gasteiger partial charge in [0.25, 0.3) is 0 Å². The molecule has 0 aliphatic carbocycles. The van der Waals surface area contributed by atoms with Gasteiger partial charge >= 0.3 is 6.09 Å². The van der Waals surface area contributed by atoms with Gasteiger partial charge in [0.05, 0.1) is 10.2 Å². The first-order valence-electron chi connectivity index (χ1n) is 10.1. The number of amides is 1. The van der Waals surface area contributed by atoms with Crippen LogP contribution >= 0.6 is 11.3 Å². The van der Waals surface area contributed by atoms with Gasteiger partial charge in [-0.1, -0.05) is 0 Å². The Hall–Kier alpha value is -2.13. The molecule has 0 spiro atoms. The Morgan fingerprint density at radius 3 is 2.69 bits per heavy atom. The molecule has 0 aromatic carbocycles. The number of aromatic nitrogens is 2. The monoisotopic (exact) mass is 420 g/mol. The molecule has 1 amide bonds. The number of hydrogen-bond donors (Lipinski definition) is 2. The summed E-state index contributed by atoms with van der Waals surface area (Å²) in [4.78, 5) is 25.5. The van der Waals surface area contributed by atoms with E-state index in [9.17, 15) is 4.79 Å². The number of nitrogens with one attached hydrogen (secondary N) is 2. The molecule has 1 aliphatic rings. The van der Waals surface area contributed by atoms with Gasteiger partial charge in [0.15, 0.2) is 0 Å². The molecule has 8 nitrogen and oxygen atoms in total. The highest BCUT2D eigenvalue weighted by Crippen LogP contribution is 2.29. The highest BCUT2D eigenvalue weighted by atomic mass is 32.1. The predicted molar refractivity (Wildman–Crippen MR) is 119 cm³/mol. The fraction of sp³-hybridized carbons (Fsp3) is 0.650. The molecule has 1 fully saturated rings. The molecule has 29 heavy (non-hydrogen) atoms. The molecule has 9 heteroatoms. The number of carbonyl (C=O) groups excluding carboxylic acids is 1. The average Bonchev–Trinajstić information content (AvgIpc) is 3.09. The number of fused-ring (bicyclic) bond motifs is 1. The zero-order valence-electron chi connectivity index (χ0n) is 18.0. The zero-order valence-corrected chi connectivity index (χ0v) is 18.8. The molecule has 1 aliphatic heterocycles. The number of ether oxygens (including phenoxy) is 1. The summed E-state index contributed by atoms with van der Waals surface area (Å²) in [5.74, 6) is 1.51. The molecule has 3 rings (SSSR count). The average molecular weight is 421 g/mol. The Labute approximate surface area is 176 Å². The van der Waals surface area contributed by atoms with Crippen molar-refractivity contribution in [3.63, 3.8) is 0 Å². The Kier molecular flexibility index (Phi) is 6.79. The third kappa shape index (κ3) is 6.17. The first-order chi connectivity index (χ1) is 13.7. The summed E-state index contributed by atoms with van der Waals surface area (Å²) in [6.07, 6.45) is 1.49. The van der Waals surface area contributed by atoms with E-state index >= 15 is 0 Å². The molecular formula is C20H32N6O2S. The molecule has 2 aromatic heterocycles. The van der Waals surface area contributed by atoms with Crippen molar-refractivity contribution in [2.75, 3.05) is 50.9 Å². The van der Waals surface area contributed by atoms with Crippen LogP contribution in [-0.4, -0.2) is 77.8 Å². The van der Waals surface area contributed by atoms with Crippen molar-refractivity contribution in [1.82, 2.24) is 19.8 Å². The van der Waals surface area contributed by atoms with Gasteiger partial charge in [0.1, 0.15) is 11.4 Å². The Bertz CT molecular complexity index is 824. The molecule has 0 unspecified atom stereocenters. The standard InChI is InChI=1S/C20H32N6O2S/c1-20(2,3)28-19(27)26-10-6-14(7-11-26)22-17-16-15(8-13-29-16)23-18(24-17)21-9-12-25(4)5/h8,13-14H,6-7,9-12H2,1-5H3,(H2,21,22,23,24). The fourth-order valence-corrected chi connectivity index (χ4v) is 3.94. The Balaban J connectivity index is 1.61. The lowest BCUT2D eigenvalue weighted by Gasteiger charge is -2.34. The van der Waals surface area contributed by atoms with E-state index in [0.717, 1.165) is 42.0 Å². The summed E-state index contributed by atoms with van der Waals surface area (Å²) >= 11 is 1.64. The van der Waals surface area contributed by atoms with E-state index in [1.807, 2.05) is 46.3 Å². The van der Waals surface area contributed by atoms with E-state index in [2.05, 4.69) is 20.5 Å².